The lowest BCUT2D eigenvalue weighted by molar-refractivity contribution is 0.599. The number of nitrogens with one attached hydrogen (secondary N) is 2. The van der Waals surface area contributed by atoms with Crippen molar-refractivity contribution in [2.24, 2.45) is 0 Å². The largest absolute Gasteiger partial charge is 0.399 e. The van der Waals surface area contributed by atoms with Crippen LogP contribution in [-0.2, 0) is 20.0 Å². The molecule has 0 amide bonds. The van der Waals surface area contributed by atoms with E-state index in [1.54, 1.807) is 39.8 Å². The minimum absolute atomic E-state index is 0.0642. The van der Waals surface area contributed by atoms with Crippen LogP contribution in [0.2, 0.25) is 0 Å². The predicted molar refractivity (Wildman–Crippen MR) is 146 cm³/mol. The second kappa shape index (κ2) is 11.4. The number of nitrogens with zero attached hydrogens (tertiary/aromatic N) is 4. The van der Waals surface area contributed by atoms with E-state index in [0.717, 1.165) is 0 Å². The van der Waals surface area contributed by atoms with Crippen molar-refractivity contribution >= 4 is 43.2 Å². The van der Waals surface area contributed by atoms with Gasteiger partial charge in [0.15, 0.2) is 0 Å². The Bertz CT molecular complexity index is 1480. The van der Waals surface area contributed by atoms with Crippen LogP contribution in [0.1, 0.15) is 22.9 Å². The summed E-state index contributed by atoms with van der Waals surface area (Å²) in [6, 6.07) is 15.2. The Morgan fingerprint density at radius 1 is 0.579 bits per heavy atom. The molecule has 2 aromatic carbocycles. The number of aryl methyl sites for hydroxylation is 4. The molecule has 0 spiro atoms. The van der Waals surface area contributed by atoms with Crippen LogP contribution < -0.4 is 20.9 Å². The van der Waals surface area contributed by atoms with Crippen molar-refractivity contribution in [3.63, 3.8) is 0 Å². The molecule has 0 saturated carbocycles. The van der Waals surface area contributed by atoms with Gasteiger partial charge in [0.05, 0.1) is 9.79 Å². The summed E-state index contributed by atoms with van der Waals surface area (Å²) in [4.78, 5) is 16.4. The second-order valence-electron chi connectivity index (χ2n) is 8.27. The molecular formula is C24H28N8O4S2. The molecule has 12 nitrogen and oxygen atoms in total. The van der Waals surface area contributed by atoms with E-state index in [1.165, 1.54) is 48.5 Å². The van der Waals surface area contributed by atoms with Crippen molar-refractivity contribution in [3.05, 3.63) is 83.6 Å². The van der Waals surface area contributed by atoms with Crippen molar-refractivity contribution < 1.29 is 16.8 Å². The molecular weight excluding hydrogens is 528 g/mol. The van der Waals surface area contributed by atoms with E-state index in [1.807, 2.05) is 0 Å². The van der Waals surface area contributed by atoms with Gasteiger partial charge in [0.2, 0.25) is 5.95 Å². The van der Waals surface area contributed by atoms with Crippen molar-refractivity contribution in [1.82, 2.24) is 19.9 Å². The number of hydrogen-bond donors (Lipinski definition) is 4. The van der Waals surface area contributed by atoms with Crippen LogP contribution in [-0.4, -0.2) is 36.8 Å². The Balaban J connectivity index is 0.000000211. The van der Waals surface area contributed by atoms with Crippen molar-refractivity contribution in [2.45, 2.75) is 37.5 Å². The Kier molecular flexibility index (Phi) is 8.48. The fraction of sp³-hybridized carbons (Fsp3) is 0.167. The molecule has 0 unspecified atom stereocenters. The zero-order valence-corrected chi connectivity index (χ0v) is 22.8. The highest BCUT2D eigenvalue weighted by atomic mass is 32.2. The minimum atomic E-state index is -3.69. The molecule has 200 valence electrons. The van der Waals surface area contributed by atoms with E-state index in [0.29, 0.717) is 34.3 Å². The number of aromatic nitrogens is 4. The fourth-order valence-electron chi connectivity index (χ4n) is 3.21. The molecule has 0 aliphatic heterocycles. The quantitative estimate of drug-likeness (QED) is 0.256. The van der Waals surface area contributed by atoms with Gasteiger partial charge < -0.3 is 11.5 Å². The van der Waals surface area contributed by atoms with E-state index >= 15 is 0 Å². The van der Waals surface area contributed by atoms with Crippen LogP contribution in [0.3, 0.4) is 0 Å². The Morgan fingerprint density at radius 2 is 1.00 bits per heavy atom. The predicted octanol–water partition coefficient (Wildman–Crippen LogP) is 2.95. The summed E-state index contributed by atoms with van der Waals surface area (Å²) in [7, 11) is -7.35. The maximum absolute atomic E-state index is 12.1. The molecule has 0 fully saturated rings. The van der Waals surface area contributed by atoms with E-state index in [2.05, 4.69) is 29.4 Å². The lowest BCUT2D eigenvalue weighted by Crippen LogP contribution is -2.15. The maximum Gasteiger partial charge on any atom is 0.264 e. The normalized spacial score (nSPS) is 11.3. The first kappa shape index (κ1) is 28.3. The Labute approximate surface area is 221 Å². The van der Waals surface area contributed by atoms with E-state index in [-0.39, 0.29) is 21.6 Å². The molecule has 4 aromatic rings. The lowest BCUT2D eigenvalue weighted by atomic mass is 10.3. The van der Waals surface area contributed by atoms with Gasteiger partial charge in [-0.15, -0.1) is 0 Å². The minimum Gasteiger partial charge on any atom is -0.399 e. The first-order chi connectivity index (χ1) is 17.7. The molecule has 38 heavy (non-hydrogen) atoms. The SMILES string of the molecule is Cc1cc(C)nc(NS(=O)(=O)c2ccc(N)cc2)n1.Cc1cc(NS(=O)(=O)c2ccc(N)cc2)nc(C)n1. The molecule has 0 bridgehead atoms. The molecule has 2 heterocycles. The maximum atomic E-state index is 12.1. The fourth-order valence-corrected chi connectivity index (χ4v) is 5.15. The number of nitrogens with two attached hydrogens (primary N) is 2. The van der Waals surface area contributed by atoms with E-state index < -0.39 is 20.0 Å². The van der Waals surface area contributed by atoms with Gasteiger partial charge in [-0.1, -0.05) is 0 Å². The summed E-state index contributed by atoms with van der Waals surface area (Å²) in [5, 5.41) is 0. The number of sulfonamides is 2. The number of benzene rings is 2. The van der Waals surface area contributed by atoms with Gasteiger partial charge in [-0.25, -0.2) is 41.5 Å². The third kappa shape index (κ3) is 7.85. The Morgan fingerprint density at radius 3 is 1.45 bits per heavy atom. The van der Waals surface area contributed by atoms with Gasteiger partial charge in [-0.2, -0.15) is 0 Å². The summed E-state index contributed by atoms with van der Waals surface area (Å²) in [6.07, 6.45) is 0. The summed E-state index contributed by atoms with van der Waals surface area (Å²) < 4.78 is 53.2. The molecule has 0 saturated heterocycles. The average molecular weight is 557 g/mol. The highest BCUT2D eigenvalue weighted by molar-refractivity contribution is 7.93. The number of rotatable bonds is 6. The smallest absolute Gasteiger partial charge is 0.264 e. The van der Waals surface area contributed by atoms with Gasteiger partial charge in [-0.05, 0) is 82.3 Å². The summed E-state index contributed by atoms with van der Waals surface area (Å²) in [5.41, 5.74) is 14.1. The molecule has 0 atom stereocenters. The van der Waals surface area contributed by atoms with Crippen LogP contribution in [0, 0.1) is 27.7 Å². The van der Waals surface area contributed by atoms with Gasteiger partial charge in [0.25, 0.3) is 20.0 Å². The first-order valence-corrected chi connectivity index (χ1v) is 14.1. The first-order valence-electron chi connectivity index (χ1n) is 11.1. The topological polar surface area (TPSA) is 196 Å². The molecule has 2 aromatic heterocycles. The van der Waals surface area contributed by atoms with Crippen LogP contribution in [0.25, 0.3) is 0 Å². The summed E-state index contributed by atoms with van der Waals surface area (Å²) in [6.45, 7) is 7.02. The van der Waals surface area contributed by atoms with Gasteiger partial charge in [0.1, 0.15) is 11.6 Å². The van der Waals surface area contributed by atoms with Gasteiger partial charge in [0, 0.05) is 34.5 Å². The molecule has 6 N–H and O–H groups in total. The highest BCUT2D eigenvalue weighted by Gasteiger charge is 2.16. The van der Waals surface area contributed by atoms with Crippen molar-refractivity contribution in [1.29, 1.82) is 0 Å². The zero-order chi connectivity index (χ0) is 28.1. The van der Waals surface area contributed by atoms with Gasteiger partial charge in [-0.3, -0.25) is 4.72 Å². The molecule has 0 aliphatic carbocycles. The van der Waals surface area contributed by atoms with Crippen LogP contribution in [0.4, 0.5) is 23.1 Å². The third-order valence-electron chi connectivity index (χ3n) is 4.79. The highest BCUT2D eigenvalue weighted by Crippen LogP contribution is 2.17. The second-order valence-corrected chi connectivity index (χ2v) is 11.6. The van der Waals surface area contributed by atoms with Crippen LogP contribution >= 0.6 is 0 Å². The zero-order valence-electron chi connectivity index (χ0n) is 21.2. The van der Waals surface area contributed by atoms with E-state index in [9.17, 15) is 16.8 Å². The van der Waals surface area contributed by atoms with Crippen LogP contribution in [0.15, 0.2) is 70.5 Å². The third-order valence-corrected chi connectivity index (χ3v) is 7.51. The van der Waals surface area contributed by atoms with Crippen LogP contribution in [0.5, 0.6) is 0 Å². The van der Waals surface area contributed by atoms with E-state index in [4.69, 9.17) is 11.5 Å². The molecule has 14 heteroatoms. The lowest BCUT2D eigenvalue weighted by Gasteiger charge is -2.08. The number of anilines is 4. The molecule has 4 rings (SSSR count). The molecule has 0 aliphatic rings. The summed E-state index contributed by atoms with van der Waals surface area (Å²) in [5.74, 6) is 0.825. The molecule has 0 radical (unpaired) electrons. The van der Waals surface area contributed by atoms with Crippen molar-refractivity contribution in [3.8, 4) is 0 Å². The standard InChI is InChI=1S/2C12H14N4O2S/c1-8-7-12(15-9(2)14-8)16-19(17,18)11-5-3-10(13)4-6-11;1-8-7-9(2)15-12(14-8)16-19(17,18)11-5-3-10(13)4-6-11/h2*3-7H,13H2,1-2H3,(H,14,15,16). The average Bonchev–Trinajstić information content (AvgIpc) is 2.78. The van der Waals surface area contributed by atoms with Gasteiger partial charge >= 0.3 is 0 Å². The van der Waals surface area contributed by atoms with Crippen molar-refractivity contribution in [2.75, 3.05) is 20.9 Å². The number of nitrogen functional groups attached to an aromatic ring is 2. The monoisotopic (exact) mass is 556 g/mol. The number of hydrogen-bond acceptors (Lipinski definition) is 10. The Hall–Kier alpha value is -4.30. The summed E-state index contributed by atoms with van der Waals surface area (Å²) >= 11 is 0.